The minimum absolute atomic E-state index is 0.188. The lowest BCUT2D eigenvalue weighted by molar-refractivity contribution is 0.303. The van der Waals surface area contributed by atoms with Gasteiger partial charge in [0.05, 0.1) is 24.1 Å². The predicted molar refractivity (Wildman–Crippen MR) is 61.6 cm³/mol. The molecule has 0 fully saturated rings. The number of ether oxygens (including phenoxy) is 1. The Morgan fingerprint density at radius 2 is 2.20 bits per heavy atom. The van der Waals surface area contributed by atoms with Gasteiger partial charge in [-0.2, -0.15) is 0 Å². The number of nitrogens with zero attached hydrogens (tertiary/aromatic N) is 2. The highest BCUT2D eigenvalue weighted by atomic mass is 16.5. The first-order valence-electron chi connectivity index (χ1n) is 4.99. The highest BCUT2D eigenvalue weighted by Crippen LogP contribution is 2.12. The van der Waals surface area contributed by atoms with E-state index in [2.05, 4.69) is 4.98 Å². The molecule has 82 valence electrons. The molecule has 0 bridgehead atoms. The smallest absolute Gasteiger partial charge is 0.214 e. The summed E-state index contributed by atoms with van der Waals surface area (Å²) in [4.78, 5) is 6.02. The topological polar surface area (TPSA) is 49.2 Å². The van der Waals surface area contributed by atoms with Crippen LogP contribution < -0.4 is 4.90 Å². The summed E-state index contributed by atoms with van der Waals surface area (Å²) in [6.07, 6.45) is 4.31. The molecule has 0 amide bonds. The Bertz CT molecular complexity index is 336. The Labute approximate surface area is 90.4 Å². The van der Waals surface area contributed by atoms with E-state index in [0.717, 1.165) is 17.7 Å². The van der Waals surface area contributed by atoms with Gasteiger partial charge in [0.15, 0.2) is 0 Å². The minimum Gasteiger partial charge on any atom is -0.478 e. The molecule has 0 aliphatic carbocycles. The first kappa shape index (κ1) is 11.5. The van der Waals surface area contributed by atoms with Crippen LogP contribution in [0.25, 0.3) is 0 Å². The SMILES string of the molecule is CCCOC(=N)c1cncc(N(C)C)c1. The van der Waals surface area contributed by atoms with Crippen molar-refractivity contribution in [3.8, 4) is 0 Å². The molecule has 0 aromatic carbocycles. The largest absolute Gasteiger partial charge is 0.478 e. The van der Waals surface area contributed by atoms with Crippen LogP contribution in [0.3, 0.4) is 0 Å². The van der Waals surface area contributed by atoms with E-state index in [1.165, 1.54) is 0 Å². The fraction of sp³-hybridized carbons (Fsp3) is 0.455. The van der Waals surface area contributed by atoms with Crippen molar-refractivity contribution in [1.29, 1.82) is 5.41 Å². The average Bonchev–Trinajstić information content (AvgIpc) is 2.26. The monoisotopic (exact) mass is 207 g/mol. The normalized spacial score (nSPS) is 9.80. The molecule has 0 saturated heterocycles. The molecule has 1 N–H and O–H groups in total. The summed E-state index contributed by atoms with van der Waals surface area (Å²) in [5.41, 5.74) is 1.69. The first-order valence-corrected chi connectivity index (χ1v) is 4.99. The summed E-state index contributed by atoms with van der Waals surface area (Å²) in [5.74, 6) is 0.188. The van der Waals surface area contributed by atoms with Crippen molar-refractivity contribution in [2.75, 3.05) is 25.6 Å². The van der Waals surface area contributed by atoms with Crippen LogP contribution in [-0.2, 0) is 4.74 Å². The Balaban J connectivity index is 2.76. The quantitative estimate of drug-likeness (QED) is 0.606. The molecule has 1 rings (SSSR count). The molecule has 0 aliphatic heterocycles. The maximum absolute atomic E-state index is 7.69. The number of hydrogen-bond donors (Lipinski definition) is 1. The number of nitrogens with one attached hydrogen (secondary N) is 1. The zero-order valence-corrected chi connectivity index (χ0v) is 9.45. The van der Waals surface area contributed by atoms with Crippen molar-refractivity contribution in [2.24, 2.45) is 0 Å². The van der Waals surface area contributed by atoms with Gasteiger partial charge in [-0.1, -0.05) is 6.92 Å². The Hall–Kier alpha value is -1.58. The zero-order chi connectivity index (χ0) is 11.3. The lowest BCUT2D eigenvalue weighted by Crippen LogP contribution is -2.11. The van der Waals surface area contributed by atoms with Crippen molar-refractivity contribution in [1.82, 2.24) is 4.98 Å². The lowest BCUT2D eigenvalue weighted by atomic mass is 10.2. The summed E-state index contributed by atoms with van der Waals surface area (Å²) >= 11 is 0. The second-order valence-corrected chi connectivity index (χ2v) is 3.50. The van der Waals surface area contributed by atoms with Gasteiger partial charge < -0.3 is 9.64 Å². The van der Waals surface area contributed by atoms with Gasteiger partial charge in [0.1, 0.15) is 0 Å². The third-order valence-corrected chi connectivity index (χ3v) is 1.95. The molecule has 4 heteroatoms. The van der Waals surface area contributed by atoms with Crippen molar-refractivity contribution >= 4 is 11.6 Å². The summed E-state index contributed by atoms with van der Waals surface area (Å²) in [6, 6.07) is 1.89. The molecule has 0 atom stereocenters. The number of pyridine rings is 1. The number of anilines is 1. The van der Waals surface area contributed by atoms with Crippen molar-refractivity contribution in [2.45, 2.75) is 13.3 Å². The molecule has 4 nitrogen and oxygen atoms in total. The van der Waals surface area contributed by atoms with Crippen molar-refractivity contribution in [3.63, 3.8) is 0 Å². The Morgan fingerprint density at radius 1 is 1.47 bits per heavy atom. The number of hydrogen-bond acceptors (Lipinski definition) is 4. The minimum atomic E-state index is 0.188. The maximum atomic E-state index is 7.69. The number of rotatable bonds is 4. The molecule has 0 unspecified atom stereocenters. The molecule has 1 aromatic heterocycles. The standard InChI is InChI=1S/C11H17N3O/c1-4-5-15-11(12)9-6-10(14(2)3)8-13-7-9/h6-8,12H,4-5H2,1-3H3. The van der Waals surface area contributed by atoms with E-state index in [0.29, 0.717) is 6.61 Å². The summed E-state index contributed by atoms with van der Waals surface area (Å²) in [6.45, 7) is 2.59. The molecule has 15 heavy (non-hydrogen) atoms. The highest BCUT2D eigenvalue weighted by molar-refractivity contribution is 5.92. The molecule has 0 radical (unpaired) electrons. The van der Waals surface area contributed by atoms with Crippen LogP contribution in [0.4, 0.5) is 5.69 Å². The van der Waals surface area contributed by atoms with Crippen LogP contribution in [0, 0.1) is 5.41 Å². The predicted octanol–water partition coefficient (Wildman–Crippen LogP) is 1.90. The van der Waals surface area contributed by atoms with Crippen LogP contribution in [0.5, 0.6) is 0 Å². The van der Waals surface area contributed by atoms with Crippen LogP contribution in [0.15, 0.2) is 18.5 Å². The Kier molecular flexibility index (Phi) is 4.09. The van der Waals surface area contributed by atoms with E-state index in [1.807, 2.05) is 32.0 Å². The summed E-state index contributed by atoms with van der Waals surface area (Å²) in [5, 5.41) is 7.69. The van der Waals surface area contributed by atoms with Crippen LogP contribution >= 0.6 is 0 Å². The van der Waals surface area contributed by atoms with Crippen LogP contribution in [0.2, 0.25) is 0 Å². The third kappa shape index (κ3) is 3.23. The van der Waals surface area contributed by atoms with Crippen molar-refractivity contribution < 1.29 is 4.74 Å². The summed E-state index contributed by atoms with van der Waals surface area (Å²) < 4.78 is 5.24. The van der Waals surface area contributed by atoms with E-state index in [1.54, 1.807) is 12.4 Å². The highest BCUT2D eigenvalue weighted by Gasteiger charge is 2.04. The third-order valence-electron chi connectivity index (χ3n) is 1.95. The molecular weight excluding hydrogens is 190 g/mol. The lowest BCUT2D eigenvalue weighted by Gasteiger charge is -2.13. The van der Waals surface area contributed by atoms with E-state index in [9.17, 15) is 0 Å². The van der Waals surface area contributed by atoms with Gasteiger partial charge in [0, 0.05) is 20.3 Å². The van der Waals surface area contributed by atoms with E-state index >= 15 is 0 Å². The second kappa shape index (κ2) is 5.34. The maximum Gasteiger partial charge on any atom is 0.214 e. The fourth-order valence-corrected chi connectivity index (χ4v) is 1.08. The second-order valence-electron chi connectivity index (χ2n) is 3.50. The molecule has 0 aliphatic rings. The van der Waals surface area contributed by atoms with E-state index in [4.69, 9.17) is 10.1 Å². The van der Waals surface area contributed by atoms with E-state index < -0.39 is 0 Å². The van der Waals surface area contributed by atoms with Gasteiger partial charge in [-0.15, -0.1) is 0 Å². The number of aromatic nitrogens is 1. The fourth-order valence-electron chi connectivity index (χ4n) is 1.08. The molecule has 0 spiro atoms. The van der Waals surface area contributed by atoms with E-state index in [-0.39, 0.29) is 5.90 Å². The molecule has 0 saturated carbocycles. The van der Waals surface area contributed by atoms with Gasteiger partial charge in [-0.3, -0.25) is 10.4 Å². The van der Waals surface area contributed by atoms with Gasteiger partial charge in [-0.25, -0.2) is 0 Å². The van der Waals surface area contributed by atoms with Crippen LogP contribution in [0.1, 0.15) is 18.9 Å². The molecular formula is C11H17N3O. The average molecular weight is 207 g/mol. The Morgan fingerprint density at radius 3 is 2.80 bits per heavy atom. The van der Waals surface area contributed by atoms with Gasteiger partial charge >= 0.3 is 0 Å². The van der Waals surface area contributed by atoms with Crippen molar-refractivity contribution in [3.05, 3.63) is 24.0 Å². The summed E-state index contributed by atoms with van der Waals surface area (Å²) in [7, 11) is 3.88. The van der Waals surface area contributed by atoms with Gasteiger partial charge in [-0.05, 0) is 12.5 Å². The van der Waals surface area contributed by atoms with Crippen LogP contribution in [-0.4, -0.2) is 31.6 Å². The van der Waals surface area contributed by atoms with Gasteiger partial charge in [0.2, 0.25) is 5.90 Å². The first-order chi connectivity index (χ1) is 7.15. The molecule has 1 aromatic rings. The van der Waals surface area contributed by atoms with Gasteiger partial charge in [0.25, 0.3) is 0 Å². The molecule has 1 heterocycles. The zero-order valence-electron chi connectivity index (χ0n) is 9.45.